The van der Waals surface area contributed by atoms with E-state index in [0.29, 0.717) is 23.9 Å². The van der Waals surface area contributed by atoms with Crippen LogP contribution in [0.1, 0.15) is 30.0 Å². The minimum absolute atomic E-state index is 0.431. The molecular formula is C16H18N2O4. The molecule has 0 aliphatic heterocycles. The summed E-state index contributed by atoms with van der Waals surface area (Å²) in [6.45, 7) is 6.45. The minimum atomic E-state index is -1.34. The van der Waals surface area contributed by atoms with Gasteiger partial charge in [-0.25, -0.2) is 9.48 Å². The van der Waals surface area contributed by atoms with Crippen molar-refractivity contribution in [3.05, 3.63) is 51.9 Å². The Balaban J connectivity index is 2.34. The van der Waals surface area contributed by atoms with E-state index in [-0.39, 0.29) is 0 Å². The van der Waals surface area contributed by atoms with Crippen LogP contribution in [0.3, 0.4) is 0 Å². The van der Waals surface area contributed by atoms with Crippen LogP contribution in [-0.2, 0) is 0 Å². The van der Waals surface area contributed by atoms with Gasteiger partial charge in [-0.05, 0) is 37.1 Å². The summed E-state index contributed by atoms with van der Waals surface area (Å²) in [5, 5.41) is 12.9. The maximum absolute atomic E-state index is 11.6. The predicted molar refractivity (Wildman–Crippen MR) is 81.9 cm³/mol. The molecule has 1 aromatic heterocycles. The zero-order valence-electron chi connectivity index (χ0n) is 12.7. The van der Waals surface area contributed by atoms with Gasteiger partial charge in [-0.15, -0.1) is 0 Å². The number of aryl methyl sites for hydroxylation is 1. The standard InChI is InChI=1S/C16H18N2O4/c1-10(2)9-22-13-6-4-12(5-7-13)18-11(3)8-14(19)15(17-18)16(20)21/h4-8,10H,9H2,1-3H3,(H,20,21). The number of hydrogen-bond donors (Lipinski definition) is 1. The molecular weight excluding hydrogens is 284 g/mol. The van der Waals surface area contributed by atoms with E-state index in [9.17, 15) is 9.59 Å². The Bertz CT molecular complexity index is 733. The number of aromatic nitrogens is 2. The summed E-state index contributed by atoms with van der Waals surface area (Å²) in [6.07, 6.45) is 0. The molecule has 6 nitrogen and oxygen atoms in total. The highest BCUT2D eigenvalue weighted by Crippen LogP contribution is 2.16. The molecule has 0 amide bonds. The van der Waals surface area contributed by atoms with E-state index < -0.39 is 17.1 Å². The van der Waals surface area contributed by atoms with Crippen LogP contribution >= 0.6 is 0 Å². The van der Waals surface area contributed by atoms with E-state index in [1.165, 1.54) is 10.7 Å². The maximum atomic E-state index is 11.6. The molecule has 0 unspecified atom stereocenters. The molecule has 2 aromatic rings. The van der Waals surface area contributed by atoms with Crippen molar-refractivity contribution in [3.8, 4) is 11.4 Å². The van der Waals surface area contributed by atoms with Crippen LogP contribution < -0.4 is 10.2 Å². The average molecular weight is 302 g/mol. The van der Waals surface area contributed by atoms with Gasteiger partial charge in [-0.2, -0.15) is 5.10 Å². The second kappa shape index (κ2) is 6.43. The summed E-state index contributed by atoms with van der Waals surface area (Å²) >= 11 is 0. The summed E-state index contributed by atoms with van der Waals surface area (Å²) < 4.78 is 7.02. The molecule has 116 valence electrons. The number of carboxylic acid groups (broad SMARTS) is 1. The fourth-order valence-corrected chi connectivity index (χ4v) is 1.90. The molecule has 0 saturated heterocycles. The van der Waals surface area contributed by atoms with Gasteiger partial charge in [0, 0.05) is 11.8 Å². The molecule has 1 heterocycles. The van der Waals surface area contributed by atoms with Crippen LogP contribution in [0.4, 0.5) is 0 Å². The van der Waals surface area contributed by atoms with Gasteiger partial charge in [0.2, 0.25) is 11.1 Å². The van der Waals surface area contributed by atoms with Gasteiger partial charge in [-0.1, -0.05) is 13.8 Å². The van der Waals surface area contributed by atoms with Gasteiger partial charge >= 0.3 is 5.97 Å². The first kappa shape index (κ1) is 15.8. The molecule has 0 spiro atoms. The van der Waals surface area contributed by atoms with Gasteiger partial charge in [-0.3, -0.25) is 4.79 Å². The summed E-state index contributed by atoms with van der Waals surface area (Å²) in [5.74, 6) is -0.175. The van der Waals surface area contributed by atoms with E-state index in [1.54, 1.807) is 31.2 Å². The van der Waals surface area contributed by atoms with Gasteiger partial charge in [0.25, 0.3) is 0 Å². The second-order valence-corrected chi connectivity index (χ2v) is 5.41. The predicted octanol–water partition coefficient (Wildman–Crippen LogP) is 2.27. The molecule has 0 radical (unpaired) electrons. The molecule has 0 bridgehead atoms. The van der Waals surface area contributed by atoms with E-state index in [2.05, 4.69) is 18.9 Å². The van der Waals surface area contributed by atoms with Gasteiger partial charge < -0.3 is 9.84 Å². The van der Waals surface area contributed by atoms with E-state index in [4.69, 9.17) is 9.84 Å². The Morgan fingerprint density at radius 1 is 1.32 bits per heavy atom. The van der Waals surface area contributed by atoms with Crippen molar-refractivity contribution in [3.63, 3.8) is 0 Å². The maximum Gasteiger partial charge on any atom is 0.360 e. The Morgan fingerprint density at radius 2 is 1.95 bits per heavy atom. The highest BCUT2D eigenvalue weighted by atomic mass is 16.5. The number of rotatable bonds is 5. The van der Waals surface area contributed by atoms with Crippen molar-refractivity contribution in [1.82, 2.24) is 9.78 Å². The molecule has 0 aliphatic carbocycles. The smallest absolute Gasteiger partial charge is 0.360 e. The van der Waals surface area contributed by atoms with Crippen molar-refractivity contribution in [2.45, 2.75) is 20.8 Å². The van der Waals surface area contributed by atoms with Crippen LogP contribution in [0.15, 0.2) is 35.1 Å². The number of ether oxygens (including phenoxy) is 1. The Labute approximate surface area is 128 Å². The summed E-state index contributed by atoms with van der Waals surface area (Å²) in [6, 6.07) is 8.38. The van der Waals surface area contributed by atoms with Crippen LogP contribution in [-0.4, -0.2) is 27.5 Å². The lowest BCUT2D eigenvalue weighted by atomic mass is 10.2. The van der Waals surface area contributed by atoms with Crippen molar-refractivity contribution < 1.29 is 14.6 Å². The molecule has 1 N–H and O–H groups in total. The molecule has 2 rings (SSSR count). The highest BCUT2D eigenvalue weighted by Gasteiger charge is 2.13. The lowest BCUT2D eigenvalue weighted by molar-refractivity contribution is 0.0686. The lowest BCUT2D eigenvalue weighted by Gasteiger charge is -2.12. The lowest BCUT2D eigenvalue weighted by Crippen LogP contribution is -2.22. The summed E-state index contributed by atoms with van der Waals surface area (Å²) in [7, 11) is 0. The SMILES string of the molecule is Cc1cc(=O)c(C(=O)O)nn1-c1ccc(OCC(C)C)cc1. The van der Waals surface area contributed by atoms with Crippen molar-refractivity contribution in [2.24, 2.45) is 5.92 Å². The van der Waals surface area contributed by atoms with E-state index in [1.807, 2.05) is 0 Å². The first-order valence-electron chi connectivity index (χ1n) is 6.96. The molecule has 6 heteroatoms. The first-order valence-corrected chi connectivity index (χ1v) is 6.96. The Morgan fingerprint density at radius 3 is 2.50 bits per heavy atom. The normalized spacial score (nSPS) is 10.7. The summed E-state index contributed by atoms with van der Waals surface area (Å²) in [5.41, 5.74) is 0.131. The number of nitrogens with zero attached hydrogens (tertiary/aromatic N) is 2. The van der Waals surface area contributed by atoms with Crippen LogP contribution in [0.5, 0.6) is 5.75 Å². The van der Waals surface area contributed by atoms with Gasteiger partial charge in [0.05, 0.1) is 12.3 Å². The quantitative estimate of drug-likeness (QED) is 0.916. The zero-order chi connectivity index (χ0) is 16.3. The largest absolute Gasteiger partial charge is 0.493 e. The average Bonchev–Trinajstić information content (AvgIpc) is 2.45. The fourth-order valence-electron chi connectivity index (χ4n) is 1.90. The van der Waals surface area contributed by atoms with E-state index in [0.717, 1.165) is 5.75 Å². The number of carbonyl (C=O) groups is 1. The summed E-state index contributed by atoms with van der Waals surface area (Å²) in [4.78, 5) is 22.6. The van der Waals surface area contributed by atoms with Crippen LogP contribution in [0.25, 0.3) is 5.69 Å². The Hall–Kier alpha value is -2.63. The second-order valence-electron chi connectivity index (χ2n) is 5.41. The van der Waals surface area contributed by atoms with Crippen molar-refractivity contribution in [2.75, 3.05) is 6.61 Å². The molecule has 0 atom stereocenters. The number of aromatic carboxylic acids is 1. The topological polar surface area (TPSA) is 81.4 Å². The monoisotopic (exact) mass is 302 g/mol. The fraction of sp³-hybridized carbons (Fsp3) is 0.312. The van der Waals surface area contributed by atoms with Gasteiger partial charge in [0.15, 0.2) is 0 Å². The first-order chi connectivity index (χ1) is 10.4. The van der Waals surface area contributed by atoms with Crippen LogP contribution in [0, 0.1) is 12.8 Å². The molecule has 22 heavy (non-hydrogen) atoms. The number of hydrogen-bond acceptors (Lipinski definition) is 4. The van der Waals surface area contributed by atoms with Crippen molar-refractivity contribution >= 4 is 5.97 Å². The minimum Gasteiger partial charge on any atom is -0.493 e. The highest BCUT2D eigenvalue weighted by molar-refractivity contribution is 5.84. The molecule has 0 fully saturated rings. The third kappa shape index (κ3) is 3.52. The molecule has 1 aromatic carbocycles. The zero-order valence-corrected chi connectivity index (χ0v) is 12.7. The number of benzene rings is 1. The number of carboxylic acids is 1. The van der Waals surface area contributed by atoms with Crippen LogP contribution in [0.2, 0.25) is 0 Å². The Kier molecular flexibility index (Phi) is 4.60. The molecule has 0 aliphatic rings. The van der Waals surface area contributed by atoms with Crippen molar-refractivity contribution in [1.29, 1.82) is 0 Å². The third-order valence-electron chi connectivity index (χ3n) is 2.97. The molecule has 0 saturated carbocycles. The van der Waals surface area contributed by atoms with Gasteiger partial charge in [0.1, 0.15) is 5.75 Å². The third-order valence-corrected chi connectivity index (χ3v) is 2.97. The van der Waals surface area contributed by atoms with E-state index >= 15 is 0 Å².